The van der Waals surface area contributed by atoms with Crippen molar-refractivity contribution in [3.8, 4) is 22.8 Å². The number of aliphatic carboxylic acids is 1. The van der Waals surface area contributed by atoms with E-state index in [1.165, 1.54) is 0 Å². The summed E-state index contributed by atoms with van der Waals surface area (Å²) in [4.78, 5) is 14.6. The first kappa shape index (κ1) is 15.2. The number of hydrogen-bond donors (Lipinski definition) is 2. The van der Waals surface area contributed by atoms with E-state index in [-0.39, 0.29) is 13.2 Å². The molecule has 3 aromatic rings. The van der Waals surface area contributed by atoms with Crippen molar-refractivity contribution >= 4 is 40.1 Å². The topological polar surface area (TPSA) is 71.6 Å². The molecule has 0 fully saturated rings. The van der Waals surface area contributed by atoms with Crippen LogP contribution >= 0.6 is 23.2 Å². The third-order valence-electron chi connectivity index (χ3n) is 3.91. The lowest BCUT2D eigenvalue weighted by Gasteiger charge is -2.05. The van der Waals surface area contributed by atoms with Gasteiger partial charge in [-0.15, -0.1) is 0 Å². The SMILES string of the molecule is O=C(O)Cc1c(-c2ccc3c(c2)OCO3)[nH]c2cc(Cl)cc(Cl)c12. The van der Waals surface area contributed by atoms with Crippen LogP contribution < -0.4 is 9.47 Å². The quantitative estimate of drug-likeness (QED) is 0.718. The lowest BCUT2D eigenvalue weighted by atomic mass is 10.0. The maximum atomic E-state index is 11.3. The molecule has 2 heterocycles. The second kappa shape index (κ2) is 5.61. The van der Waals surface area contributed by atoms with Crippen molar-refractivity contribution in [1.82, 2.24) is 4.98 Å². The number of aromatic amines is 1. The second-order valence-electron chi connectivity index (χ2n) is 5.43. The van der Waals surface area contributed by atoms with Crippen LogP contribution in [-0.4, -0.2) is 22.9 Å². The average molecular weight is 364 g/mol. The van der Waals surface area contributed by atoms with E-state index >= 15 is 0 Å². The smallest absolute Gasteiger partial charge is 0.307 e. The van der Waals surface area contributed by atoms with Gasteiger partial charge >= 0.3 is 5.97 Å². The van der Waals surface area contributed by atoms with Crippen LogP contribution in [0.15, 0.2) is 30.3 Å². The van der Waals surface area contributed by atoms with Gasteiger partial charge in [0.1, 0.15) is 0 Å². The number of benzene rings is 2. The fourth-order valence-electron chi connectivity index (χ4n) is 2.94. The Labute approximate surface area is 146 Å². The molecule has 24 heavy (non-hydrogen) atoms. The highest BCUT2D eigenvalue weighted by molar-refractivity contribution is 6.39. The summed E-state index contributed by atoms with van der Waals surface area (Å²) in [6.07, 6.45) is -0.162. The highest BCUT2D eigenvalue weighted by Gasteiger charge is 2.21. The van der Waals surface area contributed by atoms with Gasteiger partial charge in [0.05, 0.1) is 17.1 Å². The standard InChI is InChI=1S/C17H11Cl2NO4/c18-9-4-11(19)16-10(6-15(21)22)17(20-12(16)5-9)8-1-2-13-14(3-8)24-7-23-13/h1-5,20H,6-7H2,(H,21,22). The number of halogens is 2. The Morgan fingerprint density at radius 2 is 1.96 bits per heavy atom. The molecule has 122 valence electrons. The number of fused-ring (bicyclic) bond motifs is 2. The summed E-state index contributed by atoms with van der Waals surface area (Å²) >= 11 is 12.4. The minimum absolute atomic E-state index is 0.162. The molecule has 0 bridgehead atoms. The van der Waals surface area contributed by atoms with Crippen molar-refractivity contribution < 1.29 is 19.4 Å². The van der Waals surface area contributed by atoms with Gasteiger partial charge in [-0.3, -0.25) is 4.79 Å². The molecular formula is C17H11Cl2NO4. The average Bonchev–Trinajstić information content (AvgIpc) is 3.10. The lowest BCUT2D eigenvalue weighted by molar-refractivity contribution is -0.136. The van der Waals surface area contributed by atoms with Gasteiger partial charge in [0.25, 0.3) is 0 Å². The molecule has 4 rings (SSSR count). The number of carboxylic acid groups (broad SMARTS) is 1. The lowest BCUT2D eigenvalue weighted by Crippen LogP contribution is -2.01. The van der Waals surface area contributed by atoms with E-state index in [9.17, 15) is 9.90 Å². The zero-order valence-electron chi connectivity index (χ0n) is 12.2. The molecule has 7 heteroatoms. The summed E-state index contributed by atoms with van der Waals surface area (Å²) in [6, 6.07) is 8.79. The molecule has 0 aliphatic carbocycles. The van der Waals surface area contributed by atoms with E-state index in [2.05, 4.69) is 4.98 Å². The number of rotatable bonds is 3. The molecule has 0 unspecified atom stereocenters. The van der Waals surface area contributed by atoms with E-state index in [0.29, 0.717) is 43.7 Å². The Bertz CT molecular complexity index is 980. The first-order valence-electron chi connectivity index (χ1n) is 7.14. The second-order valence-corrected chi connectivity index (χ2v) is 6.27. The molecule has 1 aromatic heterocycles. The van der Waals surface area contributed by atoms with Crippen molar-refractivity contribution in [1.29, 1.82) is 0 Å². The molecule has 5 nitrogen and oxygen atoms in total. The highest BCUT2D eigenvalue weighted by Crippen LogP contribution is 2.40. The molecule has 0 spiro atoms. The van der Waals surface area contributed by atoms with Crippen LogP contribution in [0.2, 0.25) is 10.0 Å². The molecule has 1 aliphatic heterocycles. The van der Waals surface area contributed by atoms with Crippen molar-refractivity contribution in [3.05, 3.63) is 45.9 Å². The molecule has 0 atom stereocenters. The summed E-state index contributed by atoms with van der Waals surface area (Å²) in [5.41, 5.74) is 2.77. The van der Waals surface area contributed by atoms with Crippen LogP contribution in [-0.2, 0) is 11.2 Å². The maximum Gasteiger partial charge on any atom is 0.307 e. The third kappa shape index (κ3) is 2.46. The van der Waals surface area contributed by atoms with Crippen LogP contribution in [0.3, 0.4) is 0 Å². The third-order valence-corrected chi connectivity index (χ3v) is 4.42. The Morgan fingerprint density at radius 3 is 2.75 bits per heavy atom. The van der Waals surface area contributed by atoms with Gasteiger partial charge in [-0.2, -0.15) is 0 Å². The van der Waals surface area contributed by atoms with Crippen LogP contribution in [0.1, 0.15) is 5.56 Å². The van der Waals surface area contributed by atoms with Gasteiger partial charge in [0, 0.05) is 21.5 Å². The molecule has 0 saturated carbocycles. The van der Waals surface area contributed by atoms with Crippen molar-refractivity contribution in [3.63, 3.8) is 0 Å². The van der Waals surface area contributed by atoms with E-state index in [0.717, 1.165) is 5.56 Å². The number of ether oxygens (including phenoxy) is 2. The molecule has 2 aromatic carbocycles. The van der Waals surface area contributed by atoms with E-state index < -0.39 is 5.97 Å². The van der Waals surface area contributed by atoms with Gasteiger partial charge < -0.3 is 19.6 Å². The zero-order valence-corrected chi connectivity index (χ0v) is 13.7. The Morgan fingerprint density at radius 1 is 1.17 bits per heavy atom. The monoisotopic (exact) mass is 363 g/mol. The Balaban J connectivity index is 1.97. The van der Waals surface area contributed by atoms with Crippen LogP contribution in [0, 0.1) is 0 Å². The maximum absolute atomic E-state index is 11.3. The normalized spacial score (nSPS) is 12.8. The highest BCUT2D eigenvalue weighted by atomic mass is 35.5. The van der Waals surface area contributed by atoms with Gasteiger partial charge in [-0.05, 0) is 35.9 Å². The zero-order chi connectivity index (χ0) is 16.8. The molecular weight excluding hydrogens is 353 g/mol. The molecule has 1 aliphatic rings. The first-order valence-corrected chi connectivity index (χ1v) is 7.90. The van der Waals surface area contributed by atoms with Gasteiger partial charge in [0.15, 0.2) is 11.5 Å². The fraction of sp³-hybridized carbons (Fsp3) is 0.118. The van der Waals surface area contributed by atoms with Crippen LogP contribution in [0.25, 0.3) is 22.2 Å². The van der Waals surface area contributed by atoms with Crippen LogP contribution in [0.4, 0.5) is 0 Å². The summed E-state index contributed by atoms with van der Waals surface area (Å²) in [5.74, 6) is 0.344. The fourth-order valence-corrected chi connectivity index (χ4v) is 3.55. The number of carboxylic acids is 1. The number of carbonyl (C=O) groups is 1. The van der Waals surface area contributed by atoms with E-state index in [1.54, 1.807) is 18.2 Å². The number of H-pyrrole nitrogens is 1. The van der Waals surface area contributed by atoms with Crippen molar-refractivity contribution in [2.45, 2.75) is 6.42 Å². The van der Waals surface area contributed by atoms with Crippen molar-refractivity contribution in [2.24, 2.45) is 0 Å². The number of nitrogens with one attached hydrogen (secondary N) is 1. The van der Waals surface area contributed by atoms with Gasteiger partial charge in [0.2, 0.25) is 6.79 Å². The molecule has 0 saturated heterocycles. The minimum atomic E-state index is -0.941. The van der Waals surface area contributed by atoms with E-state index in [1.807, 2.05) is 12.1 Å². The molecule has 2 N–H and O–H groups in total. The first-order chi connectivity index (χ1) is 11.5. The Kier molecular flexibility index (Phi) is 3.55. The number of aromatic nitrogens is 1. The molecule has 0 amide bonds. The predicted octanol–water partition coefficient (Wildman–Crippen LogP) is 4.50. The minimum Gasteiger partial charge on any atom is -0.481 e. The van der Waals surface area contributed by atoms with E-state index in [4.69, 9.17) is 32.7 Å². The Hall–Kier alpha value is -2.37. The summed E-state index contributed by atoms with van der Waals surface area (Å²) in [7, 11) is 0. The summed E-state index contributed by atoms with van der Waals surface area (Å²) in [6.45, 7) is 0.176. The molecule has 0 radical (unpaired) electrons. The summed E-state index contributed by atoms with van der Waals surface area (Å²) in [5, 5.41) is 10.8. The van der Waals surface area contributed by atoms with Crippen molar-refractivity contribution in [2.75, 3.05) is 6.79 Å². The van der Waals surface area contributed by atoms with Gasteiger partial charge in [-0.1, -0.05) is 23.2 Å². The largest absolute Gasteiger partial charge is 0.481 e. The number of hydrogen-bond acceptors (Lipinski definition) is 3. The summed E-state index contributed by atoms with van der Waals surface area (Å²) < 4.78 is 10.7. The van der Waals surface area contributed by atoms with Gasteiger partial charge in [-0.25, -0.2) is 0 Å². The van der Waals surface area contributed by atoms with Crippen LogP contribution in [0.5, 0.6) is 11.5 Å². The predicted molar refractivity (Wildman–Crippen MR) is 91.2 cm³/mol.